The van der Waals surface area contributed by atoms with Gasteiger partial charge in [0.15, 0.2) is 0 Å². The molecule has 0 aromatic heterocycles. The third-order valence-corrected chi connectivity index (χ3v) is 0. The molecule has 0 fully saturated rings. The second-order valence-electron chi connectivity index (χ2n) is 0. The molecule has 0 aromatic carbocycles. The summed E-state index contributed by atoms with van der Waals surface area (Å²) >= 11 is 0. The minimum Gasteiger partial charge on any atom is -2.00 e. The van der Waals surface area contributed by atoms with Crippen LogP contribution in [0.3, 0.4) is 0 Å². The molecule has 0 aliphatic rings. The second kappa shape index (κ2) is 66.9. The molecule has 0 heterocycles. The molecule has 0 unspecified atom stereocenters. The molecule has 0 amide bonds. The van der Waals surface area contributed by atoms with Gasteiger partial charge in [0.05, 0.1) is 0 Å². The maximum atomic E-state index is 0. The first-order chi connectivity index (χ1) is 0. The van der Waals surface area contributed by atoms with E-state index in [0.29, 0.717) is 0 Å². The molecule has 5 heavy (non-hydrogen) atoms. The summed E-state index contributed by atoms with van der Waals surface area (Å²) in [5.41, 5.74) is 0. The zero-order chi connectivity index (χ0) is 0. The third kappa shape index (κ3) is 38.5. The second-order valence-corrected chi connectivity index (χ2v) is 0. The molecule has 0 spiro atoms. The van der Waals surface area contributed by atoms with Crippen LogP contribution in [0.4, 0.5) is 0 Å². The molecular formula is IrO3Zn-4. The van der Waals surface area contributed by atoms with Crippen molar-refractivity contribution in [1.29, 1.82) is 0 Å². The Balaban J connectivity index is 0. The van der Waals surface area contributed by atoms with Crippen molar-refractivity contribution in [2.45, 2.75) is 0 Å². The summed E-state index contributed by atoms with van der Waals surface area (Å²) in [6, 6.07) is 0. The average Bonchev–Trinajstić information content (AvgIpc) is 0. The van der Waals surface area contributed by atoms with Crippen molar-refractivity contribution < 1.29 is 56.0 Å². The van der Waals surface area contributed by atoms with Crippen LogP contribution in [0.5, 0.6) is 0 Å². The van der Waals surface area contributed by atoms with Crippen molar-refractivity contribution in [1.82, 2.24) is 0 Å². The summed E-state index contributed by atoms with van der Waals surface area (Å²) in [5.74, 6) is 0. The van der Waals surface area contributed by atoms with Gasteiger partial charge in [0.2, 0.25) is 0 Å². The molecule has 0 saturated heterocycles. The molecule has 0 atom stereocenters. The summed E-state index contributed by atoms with van der Waals surface area (Å²) in [4.78, 5) is 0. The fourth-order valence-corrected chi connectivity index (χ4v) is 0. The van der Waals surface area contributed by atoms with Crippen LogP contribution < -0.4 is 0 Å². The Hall–Kier alpha value is 1.15. The Labute approximate surface area is 56.2 Å². The van der Waals surface area contributed by atoms with Crippen molar-refractivity contribution in [3.63, 3.8) is 0 Å². The van der Waals surface area contributed by atoms with Crippen molar-refractivity contribution >= 4 is 0 Å². The van der Waals surface area contributed by atoms with Crippen LogP contribution in [0, 0.1) is 0 Å². The Morgan fingerprint density at radius 2 is 0.600 bits per heavy atom. The van der Waals surface area contributed by atoms with Crippen LogP contribution in [0.2, 0.25) is 0 Å². The first kappa shape index (κ1) is 123. The first-order valence-corrected chi connectivity index (χ1v) is 0. The summed E-state index contributed by atoms with van der Waals surface area (Å²) in [6.45, 7) is 0. The smallest absolute Gasteiger partial charge is 2.00 e. The SMILES string of the molecule is [Ir].[O-2].[O-2].[O-2].[Zn+2]. The minimum absolute atomic E-state index is 0. The van der Waals surface area contributed by atoms with Crippen LogP contribution in [0.15, 0.2) is 0 Å². The van der Waals surface area contributed by atoms with E-state index in [2.05, 4.69) is 0 Å². The normalized spacial score (nSPS) is 0. The van der Waals surface area contributed by atoms with Crippen LogP contribution >= 0.6 is 0 Å². The van der Waals surface area contributed by atoms with E-state index in [4.69, 9.17) is 0 Å². The van der Waals surface area contributed by atoms with E-state index >= 15 is 0 Å². The summed E-state index contributed by atoms with van der Waals surface area (Å²) in [6.07, 6.45) is 0. The molecule has 0 saturated carbocycles. The maximum Gasteiger partial charge on any atom is 2.00 e. The Bertz CT molecular complexity index is 6.85. The molecule has 0 aliphatic carbocycles. The van der Waals surface area contributed by atoms with Gasteiger partial charge in [-0.1, -0.05) is 0 Å². The van der Waals surface area contributed by atoms with Gasteiger partial charge in [-0.2, -0.15) is 0 Å². The van der Waals surface area contributed by atoms with Crippen molar-refractivity contribution in [3.8, 4) is 0 Å². The Morgan fingerprint density at radius 3 is 0.600 bits per heavy atom. The van der Waals surface area contributed by atoms with Gasteiger partial charge in [-0.25, -0.2) is 0 Å². The molecule has 1 radical (unpaired) electrons. The zero-order valence-corrected chi connectivity index (χ0v) is 7.63. The topological polar surface area (TPSA) is 85.5 Å². The van der Waals surface area contributed by atoms with Gasteiger partial charge in [-0.3, -0.25) is 0 Å². The van der Waals surface area contributed by atoms with Gasteiger partial charge >= 0.3 is 19.5 Å². The predicted molar refractivity (Wildman–Crippen MR) is 2.06 cm³/mol. The monoisotopic (exact) mass is 305 g/mol. The minimum atomic E-state index is 0. The van der Waals surface area contributed by atoms with E-state index in [1.54, 1.807) is 0 Å². The van der Waals surface area contributed by atoms with E-state index in [1.165, 1.54) is 0 Å². The maximum absolute atomic E-state index is 0. The molecule has 33 valence electrons. The number of rotatable bonds is 0. The van der Waals surface area contributed by atoms with Gasteiger partial charge in [0.25, 0.3) is 0 Å². The number of hydrogen-bond acceptors (Lipinski definition) is 0. The molecule has 0 aliphatic heterocycles. The van der Waals surface area contributed by atoms with E-state index in [1.807, 2.05) is 0 Å². The van der Waals surface area contributed by atoms with Gasteiger partial charge in [-0.05, 0) is 0 Å². The molecule has 0 aromatic rings. The molecule has 3 nitrogen and oxygen atoms in total. The summed E-state index contributed by atoms with van der Waals surface area (Å²) in [7, 11) is 0. The van der Waals surface area contributed by atoms with Crippen molar-refractivity contribution in [3.05, 3.63) is 0 Å². The van der Waals surface area contributed by atoms with E-state index in [0.717, 1.165) is 0 Å². The zero-order valence-electron chi connectivity index (χ0n) is 2.27. The van der Waals surface area contributed by atoms with E-state index in [-0.39, 0.29) is 56.0 Å². The van der Waals surface area contributed by atoms with E-state index in [9.17, 15) is 0 Å². The van der Waals surface area contributed by atoms with Crippen molar-refractivity contribution in [2.75, 3.05) is 0 Å². The first-order valence-electron chi connectivity index (χ1n) is 0. The molecular weight excluding hydrogens is 306 g/mol. The Morgan fingerprint density at radius 1 is 0.600 bits per heavy atom. The van der Waals surface area contributed by atoms with Crippen LogP contribution in [0.1, 0.15) is 0 Å². The molecule has 0 bridgehead atoms. The molecule has 0 N–H and O–H groups in total. The summed E-state index contributed by atoms with van der Waals surface area (Å²) in [5, 5.41) is 0. The van der Waals surface area contributed by atoms with Crippen molar-refractivity contribution in [2.24, 2.45) is 0 Å². The van der Waals surface area contributed by atoms with Crippen LogP contribution in [-0.2, 0) is 56.0 Å². The molecule has 5 heteroatoms. The number of hydrogen-bond donors (Lipinski definition) is 0. The fourth-order valence-electron chi connectivity index (χ4n) is 0. The van der Waals surface area contributed by atoms with Gasteiger partial charge in [0.1, 0.15) is 0 Å². The fraction of sp³-hybridized carbons (Fsp3) is 0. The predicted octanol–water partition coefficient (Wildman–Crippen LogP) is -0.361. The van der Waals surface area contributed by atoms with Gasteiger partial charge in [0, 0.05) is 20.1 Å². The molecule has 0 rings (SSSR count). The average molecular weight is 306 g/mol. The third-order valence-electron chi connectivity index (χ3n) is 0. The standard InChI is InChI=1S/Ir.3O.Zn/q;3*-2;+2. The van der Waals surface area contributed by atoms with E-state index < -0.39 is 0 Å². The quantitative estimate of drug-likeness (QED) is 0.547. The van der Waals surface area contributed by atoms with Gasteiger partial charge < -0.3 is 16.4 Å². The summed E-state index contributed by atoms with van der Waals surface area (Å²) < 4.78 is 0. The van der Waals surface area contributed by atoms with Crippen LogP contribution in [0.25, 0.3) is 0 Å². The largest absolute Gasteiger partial charge is 2.00 e. The van der Waals surface area contributed by atoms with Crippen LogP contribution in [-0.4, -0.2) is 0 Å². The van der Waals surface area contributed by atoms with Gasteiger partial charge in [-0.15, -0.1) is 0 Å². The Kier molecular flexibility index (Phi) is 1640.